The predicted molar refractivity (Wildman–Crippen MR) is 107 cm³/mol. The topological polar surface area (TPSA) is 65.0 Å². The second-order valence-electron chi connectivity index (χ2n) is 7.04. The molecule has 0 aliphatic carbocycles. The minimum Gasteiger partial charge on any atom is -0.468 e. The van der Waals surface area contributed by atoms with Crippen molar-refractivity contribution in [3.05, 3.63) is 66.2 Å². The molecule has 5 nitrogen and oxygen atoms in total. The Morgan fingerprint density at radius 3 is 2.36 bits per heavy atom. The summed E-state index contributed by atoms with van der Waals surface area (Å²) in [6, 6.07) is 18.4. The Morgan fingerprint density at radius 2 is 1.75 bits per heavy atom. The quantitative estimate of drug-likeness (QED) is 0.702. The van der Waals surface area contributed by atoms with Crippen molar-refractivity contribution in [3.63, 3.8) is 0 Å². The van der Waals surface area contributed by atoms with Crippen molar-refractivity contribution in [2.45, 2.75) is 28.7 Å². The molecule has 0 radical (unpaired) electrons. The van der Waals surface area contributed by atoms with Crippen molar-refractivity contribution in [2.75, 3.05) is 7.11 Å². The van der Waals surface area contributed by atoms with Crippen LogP contribution in [0, 0.1) is 5.41 Å². The van der Waals surface area contributed by atoms with Gasteiger partial charge in [0.2, 0.25) is 4.87 Å². The molecular weight excluding hydrogens is 398 g/mol. The van der Waals surface area contributed by atoms with Crippen molar-refractivity contribution in [1.82, 2.24) is 0 Å². The number of esters is 2. The molecule has 0 N–H and O–H groups in total. The van der Waals surface area contributed by atoms with Crippen LogP contribution in [0.5, 0.6) is 0 Å². The van der Waals surface area contributed by atoms with E-state index in [2.05, 4.69) is 4.99 Å². The molecule has 28 heavy (non-hydrogen) atoms. The molecule has 0 saturated carbocycles. The Hall–Kier alpha value is -2.31. The van der Waals surface area contributed by atoms with Gasteiger partial charge in [0.1, 0.15) is 5.41 Å². The van der Waals surface area contributed by atoms with Crippen LogP contribution in [0.15, 0.2) is 70.6 Å². The summed E-state index contributed by atoms with van der Waals surface area (Å²) in [5, 5.41) is 0.156. The molecule has 2 bridgehead atoms. The van der Waals surface area contributed by atoms with Gasteiger partial charge in [-0.2, -0.15) is 0 Å². The number of thioether (sulfide) groups is 1. The minimum absolute atomic E-state index is 0.143. The fraction of sp³-hybridized carbons (Fsp3) is 0.286. The number of carbonyl (C=O) groups is 2. The third-order valence-electron chi connectivity index (χ3n) is 5.37. The standard InChI is InChI=1S/C21H18ClNO4S/c1-19(17(24)26-2)13-20(14-9-5-3-6-10-14)16(22)23-21(19,18(25)27-20)28-15-11-7-4-8-12-15/h3-12H,13H2,1-2H3/t19-,20-,21+/m1/s1. The first-order valence-corrected chi connectivity index (χ1v) is 9.95. The van der Waals surface area contributed by atoms with Gasteiger partial charge in [-0.05, 0) is 19.1 Å². The third-order valence-corrected chi connectivity index (χ3v) is 7.27. The van der Waals surface area contributed by atoms with E-state index in [1.54, 1.807) is 6.92 Å². The van der Waals surface area contributed by atoms with Gasteiger partial charge in [0.25, 0.3) is 0 Å². The molecular formula is C21H18ClNO4S. The number of hydrogen-bond acceptors (Lipinski definition) is 6. The molecule has 2 aromatic carbocycles. The number of benzene rings is 2. The van der Waals surface area contributed by atoms with E-state index in [1.807, 2.05) is 60.7 Å². The summed E-state index contributed by atoms with van der Waals surface area (Å²) in [5.41, 5.74) is -1.90. The number of ether oxygens (including phenoxy) is 2. The molecule has 0 unspecified atom stereocenters. The Kier molecular flexibility index (Phi) is 4.51. The number of methoxy groups -OCH3 is 1. The van der Waals surface area contributed by atoms with Crippen LogP contribution in [0.25, 0.3) is 0 Å². The first kappa shape index (κ1) is 19.0. The average molecular weight is 416 g/mol. The summed E-state index contributed by atoms with van der Waals surface area (Å²) >= 11 is 7.77. The van der Waals surface area contributed by atoms with Gasteiger partial charge in [-0.25, -0.2) is 9.79 Å². The van der Waals surface area contributed by atoms with Crippen LogP contribution in [-0.2, 0) is 24.7 Å². The second kappa shape index (κ2) is 6.64. The van der Waals surface area contributed by atoms with E-state index >= 15 is 0 Å². The molecule has 0 amide bonds. The monoisotopic (exact) mass is 415 g/mol. The van der Waals surface area contributed by atoms with Crippen molar-refractivity contribution in [3.8, 4) is 0 Å². The lowest BCUT2D eigenvalue weighted by Gasteiger charge is -2.55. The largest absolute Gasteiger partial charge is 0.468 e. The van der Waals surface area contributed by atoms with Gasteiger partial charge in [-0.15, -0.1) is 0 Å². The summed E-state index contributed by atoms with van der Waals surface area (Å²) in [6.45, 7) is 1.69. The van der Waals surface area contributed by atoms with Gasteiger partial charge < -0.3 is 9.47 Å². The van der Waals surface area contributed by atoms with Crippen LogP contribution in [0.3, 0.4) is 0 Å². The highest BCUT2D eigenvalue weighted by molar-refractivity contribution is 8.01. The smallest absolute Gasteiger partial charge is 0.347 e. The second-order valence-corrected chi connectivity index (χ2v) is 8.67. The van der Waals surface area contributed by atoms with Gasteiger partial charge in [-0.1, -0.05) is 71.9 Å². The molecule has 3 heterocycles. The van der Waals surface area contributed by atoms with E-state index < -0.39 is 27.8 Å². The van der Waals surface area contributed by atoms with E-state index in [0.717, 1.165) is 16.7 Å². The summed E-state index contributed by atoms with van der Waals surface area (Å²) in [6.07, 6.45) is 0.143. The Morgan fingerprint density at radius 1 is 1.14 bits per heavy atom. The number of fused-ring (bicyclic) bond motifs is 2. The van der Waals surface area contributed by atoms with E-state index in [9.17, 15) is 9.59 Å². The van der Waals surface area contributed by atoms with Crippen molar-refractivity contribution in [2.24, 2.45) is 10.4 Å². The van der Waals surface area contributed by atoms with Gasteiger partial charge >= 0.3 is 11.9 Å². The first-order valence-electron chi connectivity index (χ1n) is 8.75. The lowest BCUT2D eigenvalue weighted by Crippen LogP contribution is -2.68. The Labute approximate surface area is 172 Å². The van der Waals surface area contributed by atoms with Crippen LogP contribution < -0.4 is 0 Å². The number of rotatable bonds is 4. The highest BCUT2D eigenvalue weighted by atomic mass is 35.5. The van der Waals surface area contributed by atoms with Crippen LogP contribution in [0.2, 0.25) is 0 Å². The maximum atomic E-state index is 13.3. The third kappa shape index (κ3) is 2.51. The fourth-order valence-corrected chi connectivity index (χ4v) is 5.55. The zero-order valence-electron chi connectivity index (χ0n) is 15.3. The van der Waals surface area contributed by atoms with Gasteiger partial charge in [0, 0.05) is 16.9 Å². The molecule has 7 heteroatoms. The van der Waals surface area contributed by atoms with Crippen LogP contribution in [0.4, 0.5) is 0 Å². The van der Waals surface area contributed by atoms with Crippen LogP contribution >= 0.6 is 23.4 Å². The number of hydrogen-bond donors (Lipinski definition) is 0. The van der Waals surface area contributed by atoms with E-state index in [4.69, 9.17) is 21.1 Å². The molecule has 5 rings (SSSR count). The maximum absolute atomic E-state index is 13.3. The lowest BCUT2D eigenvalue weighted by molar-refractivity contribution is -0.190. The number of nitrogens with zero attached hydrogens (tertiary/aromatic N) is 1. The fourth-order valence-electron chi connectivity index (χ4n) is 3.88. The molecule has 0 spiro atoms. The SMILES string of the molecule is COC(=O)[C@@]1(C)C[C@]2(c3ccccc3)OC(=O)[C@@]1(Sc1ccccc1)N=C2Cl. The minimum atomic E-state index is -1.56. The summed E-state index contributed by atoms with van der Waals surface area (Å²) < 4.78 is 11.0. The number of carbonyl (C=O) groups excluding carboxylic acids is 2. The zero-order chi connectivity index (χ0) is 20.0. The zero-order valence-corrected chi connectivity index (χ0v) is 16.9. The molecule has 3 aliphatic heterocycles. The lowest BCUT2D eigenvalue weighted by atomic mass is 9.66. The molecule has 1 saturated heterocycles. The maximum Gasteiger partial charge on any atom is 0.347 e. The average Bonchev–Trinajstić information content (AvgIpc) is 2.71. The molecule has 0 aromatic heterocycles. The Bertz CT molecular complexity index is 967. The number of halogens is 1. The Balaban J connectivity index is 1.93. The van der Waals surface area contributed by atoms with Crippen molar-refractivity contribution in [1.29, 1.82) is 0 Å². The first-order chi connectivity index (χ1) is 13.4. The highest BCUT2D eigenvalue weighted by Gasteiger charge is 2.73. The molecule has 3 atom stereocenters. The van der Waals surface area contributed by atoms with Gasteiger partial charge in [0.05, 0.1) is 7.11 Å². The van der Waals surface area contributed by atoms with E-state index in [-0.39, 0.29) is 11.6 Å². The van der Waals surface area contributed by atoms with E-state index in [0.29, 0.717) is 5.56 Å². The van der Waals surface area contributed by atoms with Crippen LogP contribution in [0.1, 0.15) is 18.9 Å². The summed E-state index contributed by atoms with van der Waals surface area (Å²) in [5.74, 6) is -1.13. The normalized spacial score (nSPS) is 31.1. The highest BCUT2D eigenvalue weighted by Crippen LogP contribution is 2.62. The van der Waals surface area contributed by atoms with Crippen molar-refractivity contribution >= 4 is 40.5 Å². The molecule has 144 valence electrons. The summed E-state index contributed by atoms with van der Waals surface area (Å²) in [4.78, 5) is 30.1. The predicted octanol–water partition coefficient (Wildman–Crippen LogP) is 4.15. The summed E-state index contributed by atoms with van der Waals surface area (Å²) in [7, 11) is 1.31. The van der Waals surface area contributed by atoms with Gasteiger partial charge in [0.15, 0.2) is 10.8 Å². The van der Waals surface area contributed by atoms with Gasteiger partial charge in [-0.3, -0.25) is 4.79 Å². The van der Waals surface area contributed by atoms with Crippen molar-refractivity contribution < 1.29 is 19.1 Å². The molecule has 2 aromatic rings. The van der Waals surface area contributed by atoms with Crippen LogP contribution in [-0.4, -0.2) is 29.1 Å². The van der Waals surface area contributed by atoms with E-state index in [1.165, 1.54) is 7.11 Å². The molecule has 3 aliphatic rings. The molecule has 1 fully saturated rings. The number of aliphatic imine (C=N–C) groups is 1.